The van der Waals surface area contributed by atoms with E-state index < -0.39 is 0 Å². The molecule has 2 heterocycles. The number of rotatable bonds is 0. The zero-order valence-electron chi connectivity index (χ0n) is 9.96. The van der Waals surface area contributed by atoms with Crippen molar-refractivity contribution in [1.29, 1.82) is 10.5 Å². The van der Waals surface area contributed by atoms with E-state index in [4.69, 9.17) is 10.5 Å². The highest BCUT2D eigenvalue weighted by molar-refractivity contribution is 5.88. The number of pyridine rings is 2. The van der Waals surface area contributed by atoms with Crippen molar-refractivity contribution in [1.82, 2.24) is 9.97 Å². The van der Waals surface area contributed by atoms with Crippen LogP contribution in [0.4, 0.5) is 0 Å². The van der Waals surface area contributed by atoms with Crippen LogP contribution >= 0.6 is 0 Å². The van der Waals surface area contributed by atoms with Gasteiger partial charge in [0.2, 0.25) is 0 Å². The maximum atomic E-state index is 9.09. The van der Waals surface area contributed by atoms with E-state index >= 15 is 0 Å². The molecule has 0 aromatic carbocycles. The number of nitriles is 2. The van der Waals surface area contributed by atoms with E-state index in [-0.39, 0.29) is 5.57 Å². The summed E-state index contributed by atoms with van der Waals surface area (Å²) in [6, 6.07) is 11.4. The van der Waals surface area contributed by atoms with Crippen molar-refractivity contribution in [2.75, 3.05) is 0 Å². The van der Waals surface area contributed by atoms with Gasteiger partial charge in [0.25, 0.3) is 0 Å². The molecule has 0 fully saturated rings. The minimum Gasteiger partial charge on any atom is -0.254 e. The summed E-state index contributed by atoms with van der Waals surface area (Å²) in [6.45, 7) is 0. The summed E-state index contributed by atoms with van der Waals surface area (Å²) < 4.78 is 0. The van der Waals surface area contributed by atoms with Crippen molar-refractivity contribution < 1.29 is 0 Å². The van der Waals surface area contributed by atoms with Crippen LogP contribution in [0.25, 0.3) is 17.0 Å². The molecule has 0 unspecified atom stereocenters. The number of hydrogen-bond acceptors (Lipinski definition) is 4. The largest absolute Gasteiger partial charge is 0.254 e. The standard InChI is InChI=1S/C15H8N4/c16-8-11(9-17)13-7-10-3-1-5-18-14(10)15-12(13)4-2-6-19-15/h1-6H,7H2. The predicted octanol–water partition coefficient (Wildman–Crippen LogP) is 2.50. The molecular weight excluding hydrogens is 236 g/mol. The molecule has 2 aromatic heterocycles. The first-order chi connectivity index (χ1) is 9.35. The third kappa shape index (κ3) is 1.67. The van der Waals surface area contributed by atoms with Crippen molar-refractivity contribution in [3.63, 3.8) is 0 Å². The van der Waals surface area contributed by atoms with Gasteiger partial charge in [0.15, 0.2) is 0 Å². The summed E-state index contributed by atoms with van der Waals surface area (Å²) in [5.41, 5.74) is 4.26. The Hall–Kier alpha value is -2.98. The number of hydrogen-bond donors (Lipinski definition) is 0. The molecular formula is C15H8N4. The van der Waals surface area contributed by atoms with Crippen molar-refractivity contribution >= 4 is 5.57 Å². The van der Waals surface area contributed by atoms with Crippen molar-refractivity contribution in [2.45, 2.75) is 6.42 Å². The van der Waals surface area contributed by atoms with Crippen LogP contribution in [-0.2, 0) is 6.42 Å². The van der Waals surface area contributed by atoms with Crippen LogP contribution in [0.1, 0.15) is 11.1 Å². The lowest BCUT2D eigenvalue weighted by Gasteiger charge is -2.20. The van der Waals surface area contributed by atoms with Crippen LogP contribution in [0.15, 0.2) is 42.2 Å². The second kappa shape index (κ2) is 4.36. The lowest BCUT2D eigenvalue weighted by Crippen LogP contribution is -2.07. The second-order valence-corrected chi connectivity index (χ2v) is 4.16. The SMILES string of the molecule is N#CC(C#N)=C1Cc2cccnc2-c2ncccc21. The molecule has 0 saturated carbocycles. The lowest BCUT2D eigenvalue weighted by molar-refractivity contribution is 1.13. The quantitative estimate of drug-likeness (QED) is 0.667. The van der Waals surface area contributed by atoms with E-state index in [1.54, 1.807) is 18.5 Å². The first-order valence-electron chi connectivity index (χ1n) is 5.78. The van der Waals surface area contributed by atoms with E-state index in [2.05, 4.69) is 9.97 Å². The minimum atomic E-state index is 0.142. The highest BCUT2D eigenvalue weighted by atomic mass is 14.8. The summed E-state index contributed by atoms with van der Waals surface area (Å²) in [5.74, 6) is 0. The fourth-order valence-corrected chi connectivity index (χ4v) is 2.30. The highest BCUT2D eigenvalue weighted by Gasteiger charge is 2.24. The first-order valence-corrected chi connectivity index (χ1v) is 5.78. The van der Waals surface area contributed by atoms with Gasteiger partial charge in [-0.15, -0.1) is 0 Å². The molecule has 0 radical (unpaired) electrons. The topological polar surface area (TPSA) is 73.4 Å². The van der Waals surface area contributed by atoms with E-state index in [0.29, 0.717) is 6.42 Å². The van der Waals surface area contributed by atoms with E-state index in [0.717, 1.165) is 28.1 Å². The Bertz CT molecular complexity index is 759. The second-order valence-electron chi connectivity index (χ2n) is 4.16. The van der Waals surface area contributed by atoms with Gasteiger partial charge in [-0.3, -0.25) is 9.97 Å². The van der Waals surface area contributed by atoms with E-state index in [1.807, 2.05) is 30.3 Å². The number of fused-ring (bicyclic) bond motifs is 3. The Morgan fingerprint density at radius 3 is 2.42 bits per heavy atom. The minimum absolute atomic E-state index is 0.142. The Kier molecular flexibility index (Phi) is 2.55. The van der Waals surface area contributed by atoms with Gasteiger partial charge in [-0.1, -0.05) is 12.1 Å². The normalized spacial score (nSPS) is 11.8. The molecule has 1 aliphatic carbocycles. The fraction of sp³-hybridized carbons (Fsp3) is 0.0667. The third-order valence-corrected chi connectivity index (χ3v) is 3.14. The van der Waals surface area contributed by atoms with Crippen LogP contribution in [0.2, 0.25) is 0 Å². The molecule has 1 aliphatic rings. The average Bonchev–Trinajstić information content (AvgIpc) is 2.48. The lowest BCUT2D eigenvalue weighted by atomic mass is 9.86. The van der Waals surface area contributed by atoms with Gasteiger partial charge < -0.3 is 0 Å². The van der Waals surface area contributed by atoms with E-state index in [1.165, 1.54) is 0 Å². The van der Waals surface area contributed by atoms with Gasteiger partial charge >= 0.3 is 0 Å². The Balaban J connectivity index is 2.36. The molecule has 0 bridgehead atoms. The summed E-state index contributed by atoms with van der Waals surface area (Å²) in [6.07, 6.45) is 3.96. The first kappa shape index (κ1) is 11.1. The zero-order chi connectivity index (χ0) is 13.2. The van der Waals surface area contributed by atoms with Crippen LogP contribution < -0.4 is 0 Å². The summed E-state index contributed by atoms with van der Waals surface area (Å²) in [5, 5.41) is 18.2. The summed E-state index contributed by atoms with van der Waals surface area (Å²) >= 11 is 0. The van der Waals surface area contributed by atoms with Crippen LogP contribution in [0.3, 0.4) is 0 Å². The van der Waals surface area contributed by atoms with Gasteiger partial charge in [0.05, 0.1) is 11.4 Å². The Labute approximate surface area is 110 Å². The molecule has 19 heavy (non-hydrogen) atoms. The fourth-order valence-electron chi connectivity index (χ4n) is 2.30. The smallest absolute Gasteiger partial charge is 0.133 e. The van der Waals surface area contributed by atoms with Crippen LogP contribution in [0.5, 0.6) is 0 Å². The molecule has 4 nitrogen and oxygen atoms in total. The van der Waals surface area contributed by atoms with Gasteiger partial charge in [-0.25, -0.2) is 0 Å². The molecule has 0 saturated heterocycles. The van der Waals surface area contributed by atoms with Crippen LogP contribution in [-0.4, -0.2) is 9.97 Å². The number of aromatic nitrogens is 2. The van der Waals surface area contributed by atoms with Crippen molar-refractivity contribution in [3.8, 4) is 23.5 Å². The molecule has 0 N–H and O–H groups in total. The summed E-state index contributed by atoms with van der Waals surface area (Å²) in [4.78, 5) is 8.70. The zero-order valence-corrected chi connectivity index (χ0v) is 9.96. The summed E-state index contributed by atoms with van der Waals surface area (Å²) in [7, 11) is 0. The molecule has 0 aliphatic heterocycles. The third-order valence-electron chi connectivity index (χ3n) is 3.14. The number of allylic oxidation sites excluding steroid dienone is 2. The molecule has 2 aromatic rings. The van der Waals surface area contributed by atoms with Gasteiger partial charge in [0.1, 0.15) is 17.7 Å². The maximum Gasteiger partial charge on any atom is 0.133 e. The highest BCUT2D eigenvalue weighted by Crippen LogP contribution is 2.37. The Morgan fingerprint density at radius 2 is 1.68 bits per heavy atom. The monoisotopic (exact) mass is 244 g/mol. The van der Waals surface area contributed by atoms with Crippen molar-refractivity contribution in [2.24, 2.45) is 0 Å². The number of nitrogens with zero attached hydrogens (tertiary/aromatic N) is 4. The van der Waals surface area contributed by atoms with Crippen LogP contribution in [0, 0.1) is 22.7 Å². The molecule has 3 rings (SSSR count). The van der Waals surface area contributed by atoms with Gasteiger partial charge in [0, 0.05) is 24.4 Å². The van der Waals surface area contributed by atoms with Crippen molar-refractivity contribution in [3.05, 3.63) is 53.4 Å². The molecule has 0 atom stereocenters. The molecule has 88 valence electrons. The average molecular weight is 244 g/mol. The molecule has 0 amide bonds. The Morgan fingerprint density at radius 1 is 1.00 bits per heavy atom. The van der Waals surface area contributed by atoms with E-state index in [9.17, 15) is 0 Å². The molecule has 0 spiro atoms. The molecule has 4 heteroatoms. The van der Waals surface area contributed by atoms with Gasteiger partial charge in [-0.2, -0.15) is 10.5 Å². The van der Waals surface area contributed by atoms with Gasteiger partial charge in [-0.05, 0) is 23.3 Å². The maximum absolute atomic E-state index is 9.09. The predicted molar refractivity (Wildman–Crippen MR) is 69.3 cm³/mol.